The van der Waals surface area contributed by atoms with Crippen LogP contribution in [-0.4, -0.2) is 37.0 Å². The van der Waals surface area contributed by atoms with E-state index in [1.54, 1.807) is 17.0 Å². The van der Waals surface area contributed by atoms with E-state index in [-0.39, 0.29) is 23.9 Å². The minimum absolute atomic E-state index is 0. The Morgan fingerprint density at radius 1 is 1.18 bits per heavy atom. The van der Waals surface area contributed by atoms with E-state index in [4.69, 9.17) is 0 Å². The second kappa shape index (κ2) is 7.28. The first-order valence-corrected chi connectivity index (χ1v) is 8.34. The van der Waals surface area contributed by atoms with Crippen molar-refractivity contribution < 1.29 is 9.18 Å². The Morgan fingerprint density at radius 2 is 1.82 bits per heavy atom. The molecular formula is C16H21BrClFN2O. The van der Waals surface area contributed by atoms with Crippen LogP contribution >= 0.6 is 28.3 Å². The highest BCUT2D eigenvalue weighted by molar-refractivity contribution is 9.10. The summed E-state index contributed by atoms with van der Waals surface area (Å²) in [5.74, 6) is -0.625. The van der Waals surface area contributed by atoms with Crippen LogP contribution in [-0.2, 0) is 0 Å². The number of carbonyl (C=O) groups is 1. The molecule has 2 fully saturated rings. The van der Waals surface area contributed by atoms with Crippen molar-refractivity contribution in [1.82, 2.24) is 10.2 Å². The average molecular weight is 392 g/mol. The fourth-order valence-electron chi connectivity index (χ4n) is 3.47. The number of halogens is 3. The Kier molecular flexibility index (Phi) is 5.86. The van der Waals surface area contributed by atoms with E-state index >= 15 is 0 Å². The topological polar surface area (TPSA) is 32.3 Å². The highest BCUT2D eigenvalue weighted by Gasteiger charge is 2.37. The predicted octanol–water partition coefficient (Wildman–Crippen LogP) is 3.62. The average Bonchev–Trinajstić information content (AvgIpc) is 2.48. The molecule has 0 saturated carbocycles. The van der Waals surface area contributed by atoms with Crippen molar-refractivity contribution in [1.29, 1.82) is 0 Å². The smallest absolute Gasteiger partial charge is 0.256 e. The Morgan fingerprint density at radius 3 is 2.41 bits per heavy atom. The zero-order valence-corrected chi connectivity index (χ0v) is 14.8. The highest BCUT2D eigenvalue weighted by atomic mass is 79.9. The standard InChI is InChI=1S/C16H20BrFN2O.ClH/c17-12-1-2-13(14(18)11-12)15(21)20-9-5-16(6-10-20)3-7-19-8-4-16;/h1-2,11,19H,3-10H2;1H. The molecule has 1 aromatic rings. The molecule has 1 aromatic carbocycles. The first-order valence-electron chi connectivity index (χ1n) is 7.55. The first-order chi connectivity index (χ1) is 10.1. The molecule has 1 spiro atoms. The zero-order chi connectivity index (χ0) is 14.9. The number of nitrogens with zero attached hydrogens (tertiary/aromatic N) is 1. The van der Waals surface area contributed by atoms with E-state index in [1.807, 2.05) is 0 Å². The number of likely N-dealkylation sites (tertiary alicyclic amines) is 1. The van der Waals surface area contributed by atoms with Gasteiger partial charge in [0, 0.05) is 17.6 Å². The Labute approximate surface area is 145 Å². The van der Waals surface area contributed by atoms with Crippen LogP contribution in [0.3, 0.4) is 0 Å². The molecule has 0 aliphatic carbocycles. The molecule has 2 saturated heterocycles. The maximum atomic E-state index is 13.9. The van der Waals surface area contributed by atoms with E-state index < -0.39 is 5.82 Å². The second-order valence-corrected chi connectivity index (χ2v) is 7.08. The van der Waals surface area contributed by atoms with E-state index in [1.165, 1.54) is 18.9 Å². The lowest BCUT2D eigenvalue weighted by atomic mass is 9.71. The Hall–Kier alpha value is -0.650. The molecule has 1 N–H and O–H groups in total. The number of nitrogens with one attached hydrogen (secondary N) is 1. The van der Waals surface area contributed by atoms with Crippen molar-refractivity contribution in [3.8, 4) is 0 Å². The third kappa shape index (κ3) is 3.63. The van der Waals surface area contributed by atoms with E-state index in [0.29, 0.717) is 9.89 Å². The molecule has 3 rings (SSSR count). The summed E-state index contributed by atoms with van der Waals surface area (Å²) >= 11 is 3.22. The third-order valence-electron chi connectivity index (χ3n) is 4.94. The summed E-state index contributed by atoms with van der Waals surface area (Å²) < 4.78 is 14.6. The summed E-state index contributed by atoms with van der Waals surface area (Å²) in [7, 11) is 0. The number of amides is 1. The minimum atomic E-state index is -0.448. The number of benzene rings is 1. The summed E-state index contributed by atoms with van der Waals surface area (Å²) in [6.45, 7) is 3.65. The lowest BCUT2D eigenvalue weighted by Gasteiger charge is -2.44. The number of carbonyl (C=O) groups excluding carboxylic acids is 1. The predicted molar refractivity (Wildman–Crippen MR) is 91.0 cm³/mol. The normalized spacial score (nSPS) is 20.5. The van der Waals surface area contributed by atoms with Crippen LogP contribution < -0.4 is 5.32 Å². The quantitative estimate of drug-likeness (QED) is 0.793. The molecule has 2 heterocycles. The molecule has 0 aromatic heterocycles. The molecule has 122 valence electrons. The molecule has 22 heavy (non-hydrogen) atoms. The van der Waals surface area contributed by atoms with Crippen LogP contribution in [0.15, 0.2) is 22.7 Å². The SMILES string of the molecule is Cl.O=C(c1ccc(Br)cc1F)N1CCC2(CCNCC2)CC1. The number of piperidine rings is 2. The molecule has 0 radical (unpaired) electrons. The fraction of sp³-hybridized carbons (Fsp3) is 0.562. The van der Waals surface area contributed by atoms with Crippen molar-refractivity contribution in [2.24, 2.45) is 5.41 Å². The molecule has 0 unspecified atom stereocenters. The first kappa shape index (κ1) is 17.7. The van der Waals surface area contributed by atoms with Gasteiger partial charge in [0.25, 0.3) is 5.91 Å². The van der Waals surface area contributed by atoms with Crippen molar-refractivity contribution in [2.75, 3.05) is 26.2 Å². The van der Waals surface area contributed by atoms with Gasteiger partial charge in [-0.05, 0) is 62.4 Å². The van der Waals surface area contributed by atoms with Crippen LogP contribution in [0.5, 0.6) is 0 Å². The Bertz CT molecular complexity index is 539. The van der Waals surface area contributed by atoms with Gasteiger partial charge in [0.1, 0.15) is 5.82 Å². The van der Waals surface area contributed by atoms with Crippen molar-refractivity contribution in [3.63, 3.8) is 0 Å². The molecule has 2 aliphatic rings. The summed E-state index contributed by atoms with van der Waals surface area (Å²) in [5, 5.41) is 3.39. The van der Waals surface area contributed by atoms with Gasteiger partial charge in [-0.15, -0.1) is 12.4 Å². The van der Waals surface area contributed by atoms with E-state index in [2.05, 4.69) is 21.2 Å². The van der Waals surface area contributed by atoms with Crippen molar-refractivity contribution in [2.45, 2.75) is 25.7 Å². The van der Waals surface area contributed by atoms with E-state index in [9.17, 15) is 9.18 Å². The maximum Gasteiger partial charge on any atom is 0.256 e. The molecule has 0 bridgehead atoms. The largest absolute Gasteiger partial charge is 0.339 e. The highest BCUT2D eigenvalue weighted by Crippen LogP contribution is 2.39. The van der Waals surface area contributed by atoms with Crippen LogP contribution in [0.4, 0.5) is 4.39 Å². The molecular weight excluding hydrogens is 371 g/mol. The maximum absolute atomic E-state index is 13.9. The van der Waals surface area contributed by atoms with Crippen LogP contribution in [0.2, 0.25) is 0 Å². The summed E-state index contributed by atoms with van der Waals surface area (Å²) in [4.78, 5) is 14.3. The lowest BCUT2D eigenvalue weighted by molar-refractivity contribution is 0.0492. The zero-order valence-electron chi connectivity index (χ0n) is 12.4. The number of hydrogen-bond donors (Lipinski definition) is 1. The van der Waals surface area contributed by atoms with Gasteiger partial charge >= 0.3 is 0 Å². The van der Waals surface area contributed by atoms with Gasteiger partial charge in [-0.1, -0.05) is 15.9 Å². The molecule has 3 nitrogen and oxygen atoms in total. The summed E-state index contributed by atoms with van der Waals surface area (Å²) in [6.07, 6.45) is 4.47. The third-order valence-corrected chi connectivity index (χ3v) is 5.43. The molecule has 0 atom stereocenters. The van der Waals surface area contributed by atoms with Gasteiger partial charge in [0.15, 0.2) is 0 Å². The van der Waals surface area contributed by atoms with Gasteiger partial charge in [-0.2, -0.15) is 0 Å². The summed E-state index contributed by atoms with van der Waals surface area (Å²) in [5.41, 5.74) is 0.583. The number of hydrogen-bond acceptors (Lipinski definition) is 2. The van der Waals surface area contributed by atoms with Crippen molar-refractivity contribution >= 4 is 34.2 Å². The Balaban J connectivity index is 0.00000176. The van der Waals surface area contributed by atoms with Crippen LogP contribution in [0, 0.1) is 11.2 Å². The fourth-order valence-corrected chi connectivity index (χ4v) is 3.81. The van der Waals surface area contributed by atoms with Gasteiger partial charge < -0.3 is 10.2 Å². The monoisotopic (exact) mass is 390 g/mol. The van der Waals surface area contributed by atoms with Crippen LogP contribution in [0.1, 0.15) is 36.0 Å². The van der Waals surface area contributed by atoms with Gasteiger partial charge in [-0.25, -0.2) is 4.39 Å². The number of rotatable bonds is 1. The second-order valence-electron chi connectivity index (χ2n) is 6.17. The molecule has 6 heteroatoms. The lowest BCUT2D eigenvalue weighted by Crippen LogP contribution is -2.47. The van der Waals surface area contributed by atoms with Crippen LogP contribution in [0.25, 0.3) is 0 Å². The molecule has 1 amide bonds. The van der Waals surface area contributed by atoms with E-state index in [0.717, 1.165) is 39.0 Å². The minimum Gasteiger partial charge on any atom is -0.339 e. The van der Waals surface area contributed by atoms with Gasteiger partial charge in [0.2, 0.25) is 0 Å². The molecule has 2 aliphatic heterocycles. The van der Waals surface area contributed by atoms with Gasteiger partial charge in [-0.3, -0.25) is 4.79 Å². The summed E-state index contributed by atoms with van der Waals surface area (Å²) in [6, 6.07) is 4.64. The van der Waals surface area contributed by atoms with Crippen molar-refractivity contribution in [3.05, 3.63) is 34.1 Å². The van der Waals surface area contributed by atoms with Gasteiger partial charge in [0.05, 0.1) is 5.56 Å².